The van der Waals surface area contributed by atoms with Crippen molar-refractivity contribution in [2.75, 3.05) is 37.1 Å². The second-order valence-corrected chi connectivity index (χ2v) is 5.84. The predicted molar refractivity (Wildman–Crippen MR) is 65.9 cm³/mol. The summed E-state index contributed by atoms with van der Waals surface area (Å²) in [4.78, 5) is 9.34. The smallest absolute Gasteiger partial charge is 0.136 e. The molecule has 0 radical (unpaired) electrons. The lowest BCUT2D eigenvalue weighted by atomic mass is 10.4. The van der Waals surface area contributed by atoms with Gasteiger partial charge >= 0.3 is 0 Å². The van der Waals surface area contributed by atoms with Gasteiger partial charge < -0.3 is 35.4 Å². The van der Waals surface area contributed by atoms with Crippen molar-refractivity contribution >= 4 is 16.9 Å². The Balaban J connectivity index is 0. The first-order valence-electron chi connectivity index (χ1n) is 5.42. The normalized spacial score (nSPS) is 13.7. The van der Waals surface area contributed by atoms with Crippen LogP contribution in [0.4, 0.5) is 0 Å². The number of aliphatic carboxylic acids is 1. The third-order valence-corrected chi connectivity index (χ3v) is 4.12. The highest BCUT2D eigenvalue weighted by molar-refractivity contribution is 7.96. The quantitative estimate of drug-likeness (QED) is 0.287. The van der Waals surface area contributed by atoms with Crippen LogP contribution in [-0.2, 0) is 15.7 Å². The van der Waals surface area contributed by atoms with Gasteiger partial charge in [0.2, 0.25) is 0 Å². The zero-order valence-electron chi connectivity index (χ0n) is 10.4. The molecule has 0 spiro atoms. The predicted octanol–water partition coefficient (Wildman–Crippen LogP) is -3.94. The molecule has 7 nitrogen and oxygen atoms in total. The Bertz CT molecular complexity index is 195. The zero-order chi connectivity index (χ0) is 14.6. The van der Waals surface area contributed by atoms with E-state index in [-0.39, 0.29) is 30.7 Å². The average molecular weight is 286 g/mol. The molecule has 0 saturated carbocycles. The molecule has 0 aromatic rings. The molecule has 0 heterocycles. The van der Waals surface area contributed by atoms with Crippen molar-refractivity contribution in [2.24, 2.45) is 0 Å². The average Bonchev–Trinajstić information content (AvgIpc) is 2.30. The fraction of sp³-hybridized carbons (Fsp3) is 0.900. The van der Waals surface area contributed by atoms with Crippen molar-refractivity contribution in [3.63, 3.8) is 0 Å². The molecule has 110 valence electrons. The number of carbonyl (C=O) groups excluding carboxylic acids is 1. The van der Waals surface area contributed by atoms with Gasteiger partial charge in [-0.2, -0.15) is 0 Å². The molecule has 0 aliphatic carbocycles. The molecule has 0 fully saturated rings. The van der Waals surface area contributed by atoms with Crippen molar-refractivity contribution in [2.45, 2.75) is 19.1 Å². The number of carboxylic acid groups (broad SMARTS) is 1. The Morgan fingerprint density at radius 1 is 1.17 bits per heavy atom. The highest BCUT2D eigenvalue weighted by Gasteiger charge is 2.20. The van der Waals surface area contributed by atoms with Gasteiger partial charge in [-0.1, -0.05) is 0 Å². The van der Waals surface area contributed by atoms with E-state index in [2.05, 4.69) is 0 Å². The summed E-state index contributed by atoms with van der Waals surface area (Å²) in [5, 5.41) is 52.2. The number of aliphatic hydroxyl groups is 5. The summed E-state index contributed by atoms with van der Waals surface area (Å²) in [6.07, 6.45) is -2.06. The van der Waals surface area contributed by atoms with Crippen LogP contribution in [0.3, 0.4) is 0 Å². The Morgan fingerprint density at radius 3 is 1.78 bits per heavy atom. The van der Waals surface area contributed by atoms with E-state index in [0.717, 1.165) is 6.92 Å². The molecular formula is C10H22O7S. The minimum atomic E-state index is -1.44. The monoisotopic (exact) mass is 286 g/mol. The summed E-state index contributed by atoms with van der Waals surface area (Å²) >= 11 is 0. The maximum absolute atomic E-state index is 9.34. The second-order valence-electron chi connectivity index (χ2n) is 3.47. The molecule has 0 saturated heterocycles. The first kappa shape index (κ1) is 19.9. The van der Waals surface area contributed by atoms with Gasteiger partial charge in [-0.3, -0.25) is 0 Å². The van der Waals surface area contributed by atoms with Crippen LogP contribution >= 0.6 is 0 Å². The van der Waals surface area contributed by atoms with Crippen LogP contribution in [0, 0.1) is 0 Å². The van der Waals surface area contributed by atoms with Crippen LogP contribution in [0.25, 0.3) is 0 Å². The van der Waals surface area contributed by atoms with Gasteiger partial charge in [0.1, 0.15) is 23.4 Å². The van der Waals surface area contributed by atoms with Gasteiger partial charge in [-0.25, -0.2) is 0 Å². The molecule has 0 aliphatic heterocycles. The lowest BCUT2D eigenvalue weighted by molar-refractivity contribution is -0.314. The van der Waals surface area contributed by atoms with E-state index in [1.54, 1.807) is 0 Å². The molecule has 0 aromatic heterocycles. The number of rotatable bonds is 8. The fourth-order valence-electron chi connectivity index (χ4n) is 0.852. The lowest BCUT2D eigenvalue weighted by Gasteiger charge is -2.09. The van der Waals surface area contributed by atoms with E-state index < -0.39 is 18.2 Å². The molecule has 0 bridgehead atoms. The first-order chi connectivity index (χ1) is 8.38. The zero-order valence-corrected chi connectivity index (χ0v) is 11.2. The molecule has 2 atom stereocenters. The Labute approximate surface area is 109 Å². The van der Waals surface area contributed by atoms with Gasteiger partial charge in [0, 0.05) is 0 Å². The summed E-state index contributed by atoms with van der Waals surface area (Å²) in [6.45, 7) is 1.03. The number of carboxylic acids is 1. The Hall–Kier alpha value is -0.380. The second kappa shape index (κ2) is 13.1. The maximum Gasteiger partial charge on any atom is 0.136 e. The summed E-state index contributed by atoms with van der Waals surface area (Å²) in [5.41, 5.74) is 0. The van der Waals surface area contributed by atoms with Crippen LogP contribution in [0.5, 0.6) is 0 Å². The summed E-state index contributed by atoms with van der Waals surface area (Å²) in [7, 11) is -0.164. The minimum absolute atomic E-state index is 0.0707. The first-order valence-corrected chi connectivity index (χ1v) is 7.15. The fourth-order valence-corrected chi connectivity index (χ4v) is 2.56. The number of carbonyl (C=O) groups is 1. The molecule has 5 N–H and O–H groups in total. The summed E-state index contributed by atoms with van der Waals surface area (Å²) in [6, 6.07) is 0. The molecule has 8 heteroatoms. The van der Waals surface area contributed by atoms with Crippen LogP contribution in [0.2, 0.25) is 0 Å². The van der Waals surface area contributed by atoms with Crippen LogP contribution in [0.1, 0.15) is 6.92 Å². The van der Waals surface area contributed by atoms with Crippen molar-refractivity contribution in [1.29, 1.82) is 0 Å². The third kappa shape index (κ3) is 13.7. The van der Waals surface area contributed by atoms with Crippen molar-refractivity contribution in [1.82, 2.24) is 0 Å². The number of aliphatic hydroxyl groups excluding tert-OH is 5. The summed E-state index contributed by atoms with van der Waals surface area (Å²) < 4.78 is 0. The molecule has 2 unspecified atom stereocenters. The molecule has 0 aromatic carbocycles. The van der Waals surface area contributed by atoms with Crippen molar-refractivity contribution in [3.05, 3.63) is 0 Å². The topological polar surface area (TPSA) is 141 Å². The van der Waals surface area contributed by atoms with E-state index in [4.69, 9.17) is 25.5 Å². The maximum atomic E-state index is 9.34. The van der Waals surface area contributed by atoms with Gasteiger partial charge in [-0.15, -0.1) is 0 Å². The van der Waals surface area contributed by atoms with Gasteiger partial charge in [0.15, 0.2) is 0 Å². The van der Waals surface area contributed by atoms with E-state index in [1.807, 2.05) is 0 Å². The van der Waals surface area contributed by atoms with Gasteiger partial charge in [0.25, 0.3) is 0 Å². The molecule has 0 rings (SSSR count). The van der Waals surface area contributed by atoms with E-state index in [9.17, 15) is 9.90 Å². The minimum Gasteiger partial charge on any atom is -0.547 e. The molecule has 0 amide bonds. The largest absolute Gasteiger partial charge is 0.547 e. The van der Waals surface area contributed by atoms with E-state index in [1.165, 1.54) is 0 Å². The van der Waals surface area contributed by atoms with Crippen LogP contribution in [0.15, 0.2) is 0 Å². The molecule has 0 aliphatic rings. The Kier molecular flexibility index (Phi) is 14.5. The SMILES string of the molecule is CC(O)C(=O)[O-].OCC[S+](CCO)CC(O)CO. The molecule has 18 heavy (non-hydrogen) atoms. The summed E-state index contributed by atoms with van der Waals surface area (Å²) in [5.74, 6) is 0.224. The highest BCUT2D eigenvalue weighted by atomic mass is 32.2. The Morgan fingerprint density at radius 2 is 1.56 bits per heavy atom. The standard InChI is InChI=1S/C7H17O4S.C3H6O3/c8-1-3-12(4-2-9)6-7(11)5-10;1-2(4)3(5)6/h7-11H,1-6H2;2,4H,1H3,(H,5,6)/q+1;/p-1. The van der Waals surface area contributed by atoms with Gasteiger partial charge in [0.05, 0.1) is 31.9 Å². The van der Waals surface area contributed by atoms with Crippen LogP contribution < -0.4 is 5.11 Å². The van der Waals surface area contributed by atoms with Gasteiger partial charge in [-0.05, 0) is 17.8 Å². The number of hydrogen-bond donors (Lipinski definition) is 5. The van der Waals surface area contributed by atoms with E-state index >= 15 is 0 Å². The highest BCUT2D eigenvalue weighted by Crippen LogP contribution is 1.99. The van der Waals surface area contributed by atoms with E-state index in [0.29, 0.717) is 17.3 Å². The number of hydrogen-bond acceptors (Lipinski definition) is 7. The third-order valence-electron chi connectivity index (χ3n) is 1.74. The lowest BCUT2D eigenvalue weighted by Crippen LogP contribution is -2.32. The van der Waals surface area contributed by atoms with Crippen molar-refractivity contribution in [3.8, 4) is 0 Å². The molecular weight excluding hydrogens is 264 g/mol. The van der Waals surface area contributed by atoms with Crippen LogP contribution in [-0.4, -0.2) is 80.8 Å². The van der Waals surface area contributed by atoms with Crippen molar-refractivity contribution < 1.29 is 35.4 Å².